The highest BCUT2D eigenvalue weighted by Crippen LogP contribution is 2.44. The largest absolute Gasteiger partial charge is 0.372 e. The maximum atomic E-state index is 5.70. The molecular weight excluding hydrogens is 236 g/mol. The summed E-state index contributed by atoms with van der Waals surface area (Å²) in [7, 11) is 3.46. The van der Waals surface area contributed by atoms with E-state index in [0.29, 0.717) is 0 Å². The van der Waals surface area contributed by atoms with Crippen molar-refractivity contribution in [2.75, 3.05) is 14.2 Å². The van der Waals surface area contributed by atoms with Gasteiger partial charge in [0.15, 0.2) is 0 Å². The second kappa shape index (κ2) is 6.00. The molecule has 1 aromatic carbocycles. The zero-order valence-electron chi connectivity index (χ0n) is 11.7. The summed E-state index contributed by atoms with van der Waals surface area (Å²) in [5.74, 6) is 0. The third-order valence-electron chi connectivity index (χ3n) is 3.50. The summed E-state index contributed by atoms with van der Waals surface area (Å²) in [6.45, 7) is 5.93. The van der Waals surface area contributed by atoms with Crippen LogP contribution in [0.15, 0.2) is 60.2 Å². The summed E-state index contributed by atoms with van der Waals surface area (Å²) in [4.78, 5) is 0. The van der Waals surface area contributed by atoms with Gasteiger partial charge in [-0.3, -0.25) is 0 Å². The van der Waals surface area contributed by atoms with E-state index in [9.17, 15) is 0 Å². The zero-order valence-corrected chi connectivity index (χ0v) is 11.7. The Bertz CT molecular complexity index is 526. The minimum Gasteiger partial charge on any atom is -0.372 e. The summed E-state index contributed by atoms with van der Waals surface area (Å²) in [5, 5.41) is 0. The zero-order chi connectivity index (χ0) is 13.8. The Labute approximate surface area is 115 Å². The van der Waals surface area contributed by atoms with Crippen molar-refractivity contribution in [1.82, 2.24) is 0 Å². The highest BCUT2D eigenvalue weighted by molar-refractivity contribution is 5.52. The van der Waals surface area contributed by atoms with Gasteiger partial charge in [0, 0.05) is 14.2 Å². The molecule has 0 saturated carbocycles. The minimum absolute atomic E-state index is 0.0631. The van der Waals surface area contributed by atoms with Gasteiger partial charge in [0.1, 0.15) is 12.2 Å². The van der Waals surface area contributed by atoms with Crippen molar-refractivity contribution >= 4 is 0 Å². The molecule has 2 nitrogen and oxygen atoms in total. The Hall–Kier alpha value is -1.64. The second-order valence-corrected chi connectivity index (χ2v) is 4.48. The molecule has 0 amide bonds. The van der Waals surface area contributed by atoms with Gasteiger partial charge in [-0.2, -0.15) is 0 Å². The van der Waals surface area contributed by atoms with Crippen LogP contribution in [0, 0.1) is 0 Å². The molecule has 0 spiro atoms. The first-order valence-corrected chi connectivity index (χ1v) is 6.42. The molecule has 19 heavy (non-hydrogen) atoms. The monoisotopic (exact) mass is 256 g/mol. The summed E-state index contributed by atoms with van der Waals surface area (Å²) in [6, 6.07) is 8.24. The Morgan fingerprint density at radius 1 is 1.00 bits per heavy atom. The van der Waals surface area contributed by atoms with Crippen LogP contribution in [0.25, 0.3) is 0 Å². The molecular formula is C17H20O2. The lowest BCUT2D eigenvalue weighted by atomic mass is 9.81. The summed E-state index contributed by atoms with van der Waals surface area (Å²) in [6.07, 6.45) is 5.82. The van der Waals surface area contributed by atoms with Crippen molar-refractivity contribution in [3.05, 3.63) is 71.3 Å². The lowest BCUT2D eigenvalue weighted by Gasteiger charge is -2.32. The third-order valence-corrected chi connectivity index (χ3v) is 3.50. The quantitative estimate of drug-likeness (QED) is 0.806. The fourth-order valence-corrected chi connectivity index (χ4v) is 2.72. The number of benzene rings is 1. The summed E-state index contributed by atoms with van der Waals surface area (Å²) < 4.78 is 11.4. The number of methoxy groups -OCH3 is 2. The number of hydrogen-bond acceptors (Lipinski definition) is 2. The molecule has 0 N–H and O–H groups in total. The van der Waals surface area contributed by atoms with Crippen LogP contribution in [-0.4, -0.2) is 14.2 Å². The number of fused-ring (bicyclic) bond motifs is 1. The topological polar surface area (TPSA) is 18.5 Å². The van der Waals surface area contributed by atoms with Crippen molar-refractivity contribution < 1.29 is 9.47 Å². The SMILES string of the molecule is C=CC1=C(/C=C\C)C(OC)c2ccccc2C1OC. The van der Waals surface area contributed by atoms with Crippen LogP contribution >= 0.6 is 0 Å². The van der Waals surface area contributed by atoms with Crippen LogP contribution in [0.2, 0.25) is 0 Å². The first-order chi connectivity index (χ1) is 9.28. The van der Waals surface area contributed by atoms with Gasteiger partial charge in [-0.15, -0.1) is 0 Å². The highest BCUT2D eigenvalue weighted by atomic mass is 16.5. The predicted molar refractivity (Wildman–Crippen MR) is 78.0 cm³/mol. The van der Waals surface area contributed by atoms with Crippen molar-refractivity contribution in [3.8, 4) is 0 Å². The molecule has 1 aromatic rings. The summed E-state index contributed by atoms with van der Waals surface area (Å²) >= 11 is 0. The average molecular weight is 256 g/mol. The van der Waals surface area contributed by atoms with Crippen LogP contribution in [0.5, 0.6) is 0 Å². The standard InChI is InChI=1S/C17H20O2/c1-5-9-13-12(6-2)16(18-3)14-10-7-8-11-15(14)17(13)19-4/h5-11,16-17H,2H2,1,3-4H3/b9-5-. The van der Waals surface area contributed by atoms with Gasteiger partial charge >= 0.3 is 0 Å². The van der Waals surface area contributed by atoms with E-state index in [1.807, 2.05) is 31.2 Å². The smallest absolute Gasteiger partial charge is 0.108 e. The molecule has 2 rings (SSSR count). The molecule has 2 heteroatoms. The second-order valence-electron chi connectivity index (χ2n) is 4.48. The Balaban J connectivity index is 2.68. The van der Waals surface area contributed by atoms with Crippen LogP contribution < -0.4 is 0 Å². The molecule has 0 bridgehead atoms. The normalized spacial score (nSPS) is 22.7. The summed E-state index contributed by atoms with van der Waals surface area (Å²) in [5.41, 5.74) is 4.51. The van der Waals surface area contributed by atoms with Gasteiger partial charge in [0.05, 0.1) is 0 Å². The fraction of sp³-hybridized carbons (Fsp3) is 0.294. The van der Waals surface area contributed by atoms with Crippen LogP contribution in [-0.2, 0) is 9.47 Å². The molecule has 0 aliphatic heterocycles. The van der Waals surface area contributed by atoms with Crippen LogP contribution in [0.1, 0.15) is 30.3 Å². The van der Waals surface area contributed by atoms with E-state index in [1.165, 1.54) is 0 Å². The predicted octanol–water partition coefficient (Wildman–Crippen LogP) is 4.13. The lowest BCUT2D eigenvalue weighted by Crippen LogP contribution is -2.20. The van der Waals surface area contributed by atoms with Gasteiger partial charge < -0.3 is 9.47 Å². The first kappa shape index (κ1) is 13.8. The van der Waals surface area contributed by atoms with Crippen molar-refractivity contribution in [3.63, 3.8) is 0 Å². The minimum atomic E-state index is -0.0775. The number of allylic oxidation sites excluding steroid dienone is 1. The number of ether oxygens (including phenoxy) is 2. The molecule has 1 aliphatic rings. The Kier molecular flexibility index (Phi) is 4.35. The average Bonchev–Trinajstić information content (AvgIpc) is 2.46. The van der Waals surface area contributed by atoms with Gasteiger partial charge in [-0.25, -0.2) is 0 Å². The third kappa shape index (κ3) is 2.29. The molecule has 2 unspecified atom stereocenters. The van der Waals surface area contributed by atoms with E-state index in [2.05, 4.69) is 24.8 Å². The molecule has 0 heterocycles. The van der Waals surface area contributed by atoms with E-state index < -0.39 is 0 Å². The van der Waals surface area contributed by atoms with E-state index in [0.717, 1.165) is 22.3 Å². The Morgan fingerprint density at radius 3 is 1.95 bits per heavy atom. The van der Waals surface area contributed by atoms with Crippen molar-refractivity contribution in [2.45, 2.75) is 19.1 Å². The first-order valence-electron chi connectivity index (χ1n) is 6.42. The molecule has 2 atom stereocenters. The number of hydrogen-bond donors (Lipinski definition) is 0. The van der Waals surface area contributed by atoms with E-state index >= 15 is 0 Å². The lowest BCUT2D eigenvalue weighted by molar-refractivity contribution is 0.100. The van der Waals surface area contributed by atoms with E-state index in [-0.39, 0.29) is 12.2 Å². The van der Waals surface area contributed by atoms with Crippen LogP contribution in [0.3, 0.4) is 0 Å². The van der Waals surface area contributed by atoms with Crippen LogP contribution in [0.4, 0.5) is 0 Å². The van der Waals surface area contributed by atoms with Crippen molar-refractivity contribution in [2.24, 2.45) is 0 Å². The molecule has 0 fully saturated rings. The van der Waals surface area contributed by atoms with Gasteiger partial charge in [0.25, 0.3) is 0 Å². The molecule has 0 saturated heterocycles. The molecule has 1 aliphatic carbocycles. The maximum absolute atomic E-state index is 5.70. The molecule has 100 valence electrons. The molecule has 0 radical (unpaired) electrons. The van der Waals surface area contributed by atoms with E-state index in [1.54, 1.807) is 14.2 Å². The maximum Gasteiger partial charge on any atom is 0.108 e. The molecule has 0 aromatic heterocycles. The van der Waals surface area contributed by atoms with Crippen molar-refractivity contribution in [1.29, 1.82) is 0 Å². The number of rotatable bonds is 4. The van der Waals surface area contributed by atoms with E-state index in [4.69, 9.17) is 9.47 Å². The van der Waals surface area contributed by atoms with Gasteiger partial charge in [-0.05, 0) is 29.2 Å². The van der Waals surface area contributed by atoms with Gasteiger partial charge in [0.2, 0.25) is 0 Å². The van der Waals surface area contributed by atoms with Gasteiger partial charge in [-0.1, -0.05) is 49.1 Å². The Morgan fingerprint density at radius 2 is 1.53 bits per heavy atom. The highest BCUT2D eigenvalue weighted by Gasteiger charge is 2.31. The fourth-order valence-electron chi connectivity index (χ4n) is 2.72.